The fourth-order valence-electron chi connectivity index (χ4n) is 2.07. The standard InChI is InChI=1S/C17H27N3O.HI/c1-3-18-17(19-10-11-21-13-15-8-9-15)20-12-16-7-5-4-6-14(16)2;/h4-7,15H,3,8-13H2,1-2H3,(H2,18,19,20);1H. The highest BCUT2D eigenvalue weighted by Gasteiger charge is 2.20. The van der Waals surface area contributed by atoms with Crippen LogP contribution in [-0.4, -0.2) is 32.3 Å². The van der Waals surface area contributed by atoms with E-state index in [-0.39, 0.29) is 24.0 Å². The number of hydrogen-bond acceptors (Lipinski definition) is 2. The lowest BCUT2D eigenvalue weighted by Gasteiger charge is -2.12. The van der Waals surface area contributed by atoms with E-state index in [9.17, 15) is 0 Å². The van der Waals surface area contributed by atoms with Gasteiger partial charge in [0, 0.05) is 19.7 Å². The quantitative estimate of drug-likeness (QED) is 0.296. The zero-order valence-electron chi connectivity index (χ0n) is 13.6. The second kappa shape index (κ2) is 10.8. The van der Waals surface area contributed by atoms with E-state index in [1.165, 1.54) is 24.0 Å². The van der Waals surface area contributed by atoms with Crippen molar-refractivity contribution in [2.75, 3.05) is 26.3 Å². The lowest BCUT2D eigenvalue weighted by Crippen LogP contribution is -2.39. The summed E-state index contributed by atoms with van der Waals surface area (Å²) < 4.78 is 5.62. The van der Waals surface area contributed by atoms with Crippen LogP contribution in [0.3, 0.4) is 0 Å². The summed E-state index contributed by atoms with van der Waals surface area (Å²) in [5.74, 6) is 1.68. The average molecular weight is 417 g/mol. The molecule has 124 valence electrons. The minimum Gasteiger partial charge on any atom is -0.379 e. The largest absolute Gasteiger partial charge is 0.379 e. The average Bonchev–Trinajstić information content (AvgIpc) is 3.30. The van der Waals surface area contributed by atoms with E-state index in [2.05, 4.69) is 53.7 Å². The Balaban J connectivity index is 0.00000242. The summed E-state index contributed by atoms with van der Waals surface area (Å²) in [4.78, 5) is 4.63. The number of benzene rings is 1. The van der Waals surface area contributed by atoms with Gasteiger partial charge in [-0.1, -0.05) is 24.3 Å². The van der Waals surface area contributed by atoms with Crippen LogP contribution in [0, 0.1) is 12.8 Å². The third kappa shape index (κ3) is 7.45. The Morgan fingerprint density at radius 3 is 2.73 bits per heavy atom. The molecule has 0 aliphatic heterocycles. The van der Waals surface area contributed by atoms with Gasteiger partial charge in [0.15, 0.2) is 5.96 Å². The number of hydrogen-bond donors (Lipinski definition) is 2. The van der Waals surface area contributed by atoms with E-state index in [0.29, 0.717) is 6.54 Å². The van der Waals surface area contributed by atoms with E-state index >= 15 is 0 Å². The molecule has 22 heavy (non-hydrogen) atoms. The molecule has 0 aromatic heterocycles. The first-order valence-corrected chi connectivity index (χ1v) is 7.94. The number of nitrogens with zero attached hydrogens (tertiary/aromatic N) is 1. The number of halogens is 1. The molecular weight excluding hydrogens is 389 g/mol. The van der Waals surface area contributed by atoms with Crippen molar-refractivity contribution >= 4 is 29.9 Å². The van der Waals surface area contributed by atoms with Gasteiger partial charge in [-0.3, -0.25) is 0 Å². The second-order valence-electron chi connectivity index (χ2n) is 5.57. The van der Waals surface area contributed by atoms with Crippen molar-refractivity contribution in [3.63, 3.8) is 0 Å². The normalized spacial score (nSPS) is 14.4. The molecule has 4 nitrogen and oxygen atoms in total. The van der Waals surface area contributed by atoms with Crippen LogP contribution in [0.2, 0.25) is 0 Å². The van der Waals surface area contributed by atoms with Crippen LogP contribution in [0.15, 0.2) is 29.3 Å². The highest BCUT2D eigenvalue weighted by atomic mass is 127. The van der Waals surface area contributed by atoms with Crippen molar-refractivity contribution in [3.05, 3.63) is 35.4 Å². The van der Waals surface area contributed by atoms with Gasteiger partial charge in [-0.25, -0.2) is 4.99 Å². The fourth-order valence-corrected chi connectivity index (χ4v) is 2.07. The van der Waals surface area contributed by atoms with Gasteiger partial charge in [-0.2, -0.15) is 0 Å². The van der Waals surface area contributed by atoms with Gasteiger partial charge in [0.2, 0.25) is 0 Å². The van der Waals surface area contributed by atoms with Crippen LogP contribution in [0.1, 0.15) is 30.9 Å². The Morgan fingerprint density at radius 1 is 1.27 bits per heavy atom. The minimum atomic E-state index is 0. The summed E-state index contributed by atoms with van der Waals surface area (Å²) in [6.45, 7) is 8.22. The van der Waals surface area contributed by atoms with Crippen LogP contribution in [-0.2, 0) is 11.3 Å². The lowest BCUT2D eigenvalue weighted by molar-refractivity contribution is 0.129. The SMILES string of the molecule is CCNC(=NCc1ccccc1C)NCCOCC1CC1.I. The maximum absolute atomic E-state index is 5.62. The molecule has 0 atom stereocenters. The molecule has 1 aliphatic carbocycles. The molecule has 5 heteroatoms. The molecule has 2 N–H and O–H groups in total. The molecule has 0 spiro atoms. The summed E-state index contributed by atoms with van der Waals surface area (Å²) in [5.41, 5.74) is 2.55. The highest BCUT2D eigenvalue weighted by molar-refractivity contribution is 14.0. The number of aryl methyl sites for hydroxylation is 1. The van der Waals surface area contributed by atoms with Crippen LogP contribution < -0.4 is 10.6 Å². The summed E-state index contributed by atoms with van der Waals surface area (Å²) in [6.07, 6.45) is 2.68. The van der Waals surface area contributed by atoms with Crippen molar-refractivity contribution in [3.8, 4) is 0 Å². The Labute approximate surface area is 151 Å². The lowest BCUT2D eigenvalue weighted by atomic mass is 10.1. The predicted molar refractivity (Wildman–Crippen MR) is 103 cm³/mol. The molecule has 1 aromatic rings. The number of rotatable bonds is 8. The fraction of sp³-hybridized carbons (Fsp3) is 0.588. The Hall–Kier alpha value is -0.820. The van der Waals surface area contributed by atoms with E-state index in [1.54, 1.807) is 0 Å². The topological polar surface area (TPSA) is 45.7 Å². The molecule has 0 saturated heterocycles. The minimum absolute atomic E-state index is 0. The number of aliphatic imine (C=N–C) groups is 1. The number of nitrogens with one attached hydrogen (secondary N) is 2. The predicted octanol–water partition coefficient (Wildman–Crippen LogP) is 3.09. The molecule has 1 aliphatic rings. The smallest absolute Gasteiger partial charge is 0.191 e. The Morgan fingerprint density at radius 2 is 2.05 bits per heavy atom. The zero-order chi connectivity index (χ0) is 14.9. The third-order valence-electron chi connectivity index (χ3n) is 3.60. The Kier molecular flexibility index (Phi) is 9.47. The third-order valence-corrected chi connectivity index (χ3v) is 3.60. The second-order valence-corrected chi connectivity index (χ2v) is 5.57. The molecular formula is C17H28IN3O. The molecule has 1 fully saturated rings. The van der Waals surface area contributed by atoms with Crippen molar-refractivity contribution < 1.29 is 4.74 Å². The van der Waals surface area contributed by atoms with Crippen molar-refractivity contribution in [1.82, 2.24) is 10.6 Å². The van der Waals surface area contributed by atoms with Gasteiger partial charge < -0.3 is 15.4 Å². The summed E-state index contributed by atoms with van der Waals surface area (Å²) >= 11 is 0. The summed E-state index contributed by atoms with van der Waals surface area (Å²) in [6, 6.07) is 8.37. The zero-order valence-corrected chi connectivity index (χ0v) is 15.9. The van der Waals surface area contributed by atoms with Crippen molar-refractivity contribution in [1.29, 1.82) is 0 Å². The van der Waals surface area contributed by atoms with Crippen LogP contribution in [0.4, 0.5) is 0 Å². The molecule has 2 rings (SSSR count). The van der Waals surface area contributed by atoms with Gasteiger partial charge in [0.25, 0.3) is 0 Å². The van der Waals surface area contributed by atoms with Gasteiger partial charge in [-0.15, -0.1) is 24.0 Å². The Bertz CT molecular complexity index is 461. The molecule has 0 bridgehead atoms. The molecule has 1 saturated carbocycles. The molecule has 0 heterocycles. The first kappa shape index (κ1) is 19.2. The number of guanidine groups is 1. The summed E-state index contributed by atoms with van der Waals surface area (Å²) in [7, 11) is 0. The van der Waals surface area contributed by atoms with E-state index in [4.69, 9.17) is 4.74 Å². The van der Waals surface area contributed by atoms with Crippen LogP contribution in [0.5, 0.6) is 0 Å². The number of ether oxygens (including phenoxy) is 1. The first-order chi connectivity index (χ1) is 10.3. The van der Waals surface area contributed by atoms with Gasteiger partial charge in [0.05, 0.1) is 13.2 Å². The van der Waals surface area contributed by atoms with Gasteiger partial charge >= 0.3 is 0 Å². The van der Waals surface area contributed by atoms with Gasteiger partial charge in [-0.05, 0) is 43.7 Å². The van der Waals surface area contributed by atoms with E-state index in [0.717, 1.165) is 38.2 Å². The van der Waals surface area contributed by atoms with Gasteiger partial charge in [0.1, 0.15) is 0 Å². The van der Waals surface area contributed by atoms with Crippen molar-refractivity contribution in [2.45, 2.75) is 33.2 Å². The molecule has 0 unspecified atom stereocenters. The van der Waals surface area contributed by atoms with Crippen LogP contribution in [0.25, 0.3) is 0 Å². The maximum Gasteiger partial charge on any atom is 0.191 e. The van der Waals surface area contributed by atoms with E-state index in [1.807, 2.05) is 0 Å². The van der Waals surface area contributed by atoms with Crippen molar-refractivity contribution in [2.24, 2.45) is 10.9 Å². The maximum atomic E-state index is 5.62. The summed E-state index contributed by atoms with van der Waals surface area (Å²) in [5, 5.41) is 6.59. The van der Waals surface area contributed by atoms with E-state index < -0.39 is 0 Å². The monoisotopic (exact) mass is 417 g/mol. The molecule has 0 amide bonds. The van der Waals surface area contributed by atoms with Crippen LogP contribution >= 0.6 is 24.0 Å². The molecule has 1 aromatic carbocycles. The first-order valence-electron chi connectivity index (χ1n) is 7.94. The molecule has 0 radical (unpaired) electrons. The highest BCUT2D eigenvalue weighted by Crippen LogP contribution is 2.28.